The molecule has 1 amide bonds. The average molecular weight is 311 g/mol. The second kappa shape index (κ2) is 5.81. The first kappa shape index (κ1) is 14.5. The molecule has 120 valence electrons. The molecule has 2 atom stereocenters. The number of rotatable bonds is 3. The molecular formula is C18H21N3O2. The molecule has 5 heteroatoms. The van der Waals surface area contributed by atoms with Crippen molar-refractivity contribution < 1.29 is 9.32 Å². The van der Waals surface area contributed by atoms with Crippen molar-refractivity contribution in [3.05, 3.63) is 41.7 Å². The van der Waals surface area contributed by atoms with Gasteiger partial charge in [-0.25, -0.2) is 0 Å². The SMILES string of the molecule is Cc1ccc(-c2cc(C(=O)NC3CC4CCC(C3)N4)on2)cc1. The molecule has 1 aromatic carbocycles. The van der Waals surface area contributed by atoms with Gasteiger partial charge in [-0.3, -0.25) is 4.79 Å². The molecule has 2 aliphatic heterocycles. The highest BCUT2D eigenvalue weighted by Crippen LogP contribution is 2.27. The van der Waals surface area contributed by atoms with Gasteiger partial charge >= 0.3 is 0 Å². The first-order chi connectivity index (χ1) is 11.2. The van der Waals surface area contributed by atoms with Crippen LogP contribution in [0.5, 0.6) is 0 Å². The van der Waals surface area contributed by atoms with Gasteiger partial charge in [0, 0.05) is 29.8 Å². The lowest BCUT2D eigenvalue weighted by atomic mass is 10.00. The van der Waals surface area contributed by atoms with E-state index >= 15 is 0 Å². The predicted octanol–water partition coefficient (Wildman–Crippen LogP) is 2.66. The Morgan fingerprint density at radius 2 is 1.91 bits per heavy atom. The third kappa shape index (κ3) is 3.01. The molecule has 2 fully saturated rings. The number of amides is 1. The quantitative estimate of drug-likeness (QED) is 0.914. The van der Waals surface area contributed by atoms with E-state index in [2.05, 4.69) is 15.8 Å². The Morgan fingerprint density at radius 1 is 1.22 bits per heavy atom. The highest BCUT2D eigenvalue weighted by Gasteiger charge is 2.34. The van der Waals surface area contributed by atoms with Crippen LogP contribution in [0.3, 0.4) is 0 Å². The van der Waals surface area contributed by atoms with Gasteiger partial charge in [-0.1, -0.05) is 35.0 Å². The van der Waals surface area contributed by atoms with Gasteiger partial charge < -0.3 is 15.2 Å². The van der Waals surface area contributed by atoms with Gasteiger partial charge in [-0.15, -0.1) is 0 Å². The minimum Gasteiger partial charge on any atom is -0.350 e. The Hall–Kier alpha value is -2.14. The number of carbonyl (C=O) groups is 1. The number of carbonyl (C=O) groups excluding carboxylic acids is 1. The number of hydrogen-bond donors (Lipinski definition) is 2. The van der Waals surface area contributed by atoms with Gasteiger partial charge in [0.2, 0.25) is 5.76 Å². The smallest absolute Gasteiger partial charge is 0.290 e. The maximum Gasteiger partial charge on any atom is 0.290 e. The fourth-order valence-electron chi connectivity index (χ4n) is 3.67. The normalized spacial score (nSPS) is 26.2. The van der Waals surface area contributed by atoms with Crippen molar-refractivity contribution in [1.29, 1.82) is 0 Å². The van der Waals surface area contributed by atoms with Crippen LogP contribution >= 0.6 is 0 Å². The van der Waals surface area contributed by atoms with Crippen molar-refractivity contribution in [2.45, 2.75) is 50.7 Å². The highest BCUT2D eigenvalue weighted by atomic mass is 16.5. The third-order valence-corrected chi connectivity index (χ3v) is 4.89. The van der Waals surface area contributed by atoms with E-state index in [9.17, 15) is 4.79 Å². The molecule has 2 unspecified atom stereocenters. The van der Waals surface area contributed by atoms with E-state index in [-0.39, 0.29) is 17.7 Å². The van der Waals surface area contributed by atoms with Gasteiger partial charge in [-0.05, 0) is 32.6 Å². The number of fused-ring (bicyclic) bond motifs is 2. The minimum absolute atomic E-state index is 0.165. The van der Waals surface area contributed by atoms with Crippen molar-refractivity contribution in [3.8, 4) is 11.3 Å². The van der Waals surface area contributed by atoms with E-state index in [0.717, 1.165) is 18.4 Å². The van der Waals surface area contributed by atoms with E-state index in [1.807, 2.05) is 31.2 Å². The lowest BCUT2D eigenvalue weighted by Gasteiger charge is -2.29. The number of piperidine rings is 1. The van der Waals surface area contributed by atoms with Gasteiger partial charge in [0.1, 0.15) is 5.69 Å². The molecule has 2 N–H and O–H groups in total. The van der Waals surface area contributed by atoms with Gasteiger partial charge in [0.05, 0.1) is 0 Å². The fourth-order valence-corrected chi connectivity index (χ4v) is 3.67. The van der Waals surface area contributed by atoms with Gasteiger partial charge in [-0.2, -0.15) is 0 Å². The Morgan fingerprint density at radius 3 is 2.61 bits per heavy atom. The number of nitrogens with one attached hydrogen (secondary N) is 2. The molecule has 0 saturated carbocycles. The van der Waals surface area contributed by atoms with E-state index in [1.54, 1.807) is 6.07 Å². The fraction of sp³-hybridized carbons (Fsp3) is 0.444. The second-order valence-electron chi connectivity index (χ2n) is 6.72. The number of nitrogens with zero attached hydrogens (tertiary/aromatic N) is 1. The number of hydrogen-bond acceptors (Lipinski definition) is 4. The van der Waals surface area contributed by atoms with Crippen LogP contribution in [0.4, 0.5) is 0 Å². The van der Waals surface area contributed by atoms with Crippen LogP contribution in [0.1, 0.15) is 41.8 Å². The highest BCUT2D eigenvalue weighted by molar-refractivity contribution is 5.92. The van der Waals surface area contributed by atoms with E-state index in [4.69, 9.17) is 4.52 Å². The summed E-state index contributed by atoms with van der Waals surface area (Å²) < 4.78 is 5.24. The summed E-state index contributed by atoms with van der Waals surface area (Å²) in [5.74, 6) is 0.119. The van der Waals surface area contributed by atoms with Crippen LogP contribution in [0.2, 0.25) is 0 Å². The molecule has 3 heterocycles. The van der Waals surface area contributed by atoms with E-state index < -0.39 is 0 Å². The number of aromatic nitrogens is 1. The molecule has 0 radical (unpaired) electrons. The zero-order valence-corrected chi connectivity index (χ0v) is 13.2. The summed E-state index contributed by atoms with van der Waals surface area (Å²) in [6.07, 6.45) is 4.44. The van der Waals surface area contributed by atoms with Crippen LogP contribution in [0.25, 0.3) is 11.3 Å². The molecule has 2 bridgehead atoms. The lowest BCUT2D eigenvalue weighted by Crippen LogP contribution is -2.47. The van der Waals surface area contributed by atoms with Crippen molar-refractivity contribution >= 4 is 5.91 Å². The summed E-state index contributed by atoms with van der Waals surface area (Å²) >= 11 is 0. The Bertz CT molecular complexity index is 695. The van der Waals surface area contributed by atoms with Gasteiger partial charge in [0.15, 0.2) is 0 Å². The summed E-state index contributed by atoms with van der Waals surface area (Å²) in [6, 6.07) is 11.1. The second-order valence-corrected chi connectivity index (χ2v) is 6.72. The average Bonchev–Trinajstić information content (AvgIpc) is 3.15. The molecule has 0 aliphatic carbocycles. The topological polar surface area (TPSA) is 67.2 Å². The van der Waals surface area contributed by atoms with Crippen LogP contribution in [0, 0.1) is 6.92 Å². The predicted molar refractivity (Wildman–Crippen MR) is 87.1 cm³/mol. The summed E-state index contributed by atoms with van der Waals surface area (Å²) in [4.78, 5) is 12.4. The summed E-state index contributed by atoms with van der Waals surface area (Å²) in [5.41, 5.74) is 2.84. The Balaban J connectivity index is 1.44. The first-order valence-electron chi connectivity index (χ1n) is 8.28. The summed E-state index contributed by atoms with van der Waals surface area (Å²) in [5, 5.41) is 10.7. The first-order valence-corrected chi connectivity index (χ1v) is 8.28. The Kier molecular flexibility index (Phi) is 3.65. The monoisotopic (exact) mass is 311 g/mol. The van der Waals surface area contributed by atoms with Gasteiger partial charge in [0.25, 0.3) is 5.91 Å². The van der Waals surface area contributed by atoms with Crippen LogP contribution in [-0.2, 0) is 0 Å². The van der Waals surface area contributed by atoms with Crippen molar-refractivity contribution in [1.82, 2.24) is 15.8 Å². The van der Waals surface area contributed by atoms with Crippen LogP contribution < -0.4 is 10.6 Å². The van der Waals surface area contributed by atoms with Crippen molar-refractivity contribution in [2.75, 3.05) is 0 Å². The number of aryl methyl sites for hydroxylation is 1. The third-order valence-electron chi connectivity index (χ3n) is 4.89. The Labute approximate surface area is 135 Å². The molecule has 2 saturated heterocycles. The zero-order chi connectivity index (χ0) is 15.8. The maximum atomic E-state index is 12.4. The molecule has 0 spiro atoms. The molecular weight excluding hydrogens is 290 g/mol. The standard InChI is InChI=1S/C18H21N3O2/c1-11-2-4-12(5-3-11)16-10-17(23-21-16)18(22)20-15-8-13-6-7-14(9-15)19-13/h2-5,10,13-15,19H,6-9H2,1H3,(H,20,22). The molecule has 23 heavy (non-hydrogen) atoms. The van der Waals surface area contributed by atoms with Crippen LogP contribution in [-0.4, -0.2) is 29.2 Å². The zero-order valence-electron chi connectivity index (χ0n) is 13.2. The summed E-state index contributed by atoms with van der Waals surface area (Å²) in [6.45, 7) is 2.04. The van der Waals surface area contributed by atoms with Crippen molar-refractivity contribution in [3.63, 3.8) is 0 Å². The number of benzene rings is 1. The molecule has 2 aliphatic rings. The largest absolute Gasteiger partial charge is 0.350 e. The van der Waals surface area contributed by atoms with E-state index in [0.29, 0.717) is 17.8 Å². The molecule has 4 rings (SSSR count). The summed E-state index contributed by atoms with van der Waals surface area (Å²) in [7, 11) is 0. The van der Waals surface area contributed by atoms with Crippen molar-refractivity contribution in [2.24, 2.45) is 0 Å². The minimum atomic E-state index is -0.165. The van der Waals surface area contributed by atoms with Crippen LogP contribution in [0.15, 0.2) is 34.9 Å². The van der Waals surface area contributed by atoms with E-state index in [1.165, 1.54) is 18.4 Å². The molecule has 2 aromatic rings. The molecule has 5 nitrogen and oxygen atoms in total. The molecule has 1 aromatic heterocycles. The lowest BCUT2D eigenvalue weighted by molar-refractivity contribution is 0.0886. The maximum absolute atomic E-state index is 12.4.